The molecular weight excluding hydrogens is 318 g/mol. The number of benzene rings is 1. The summed E-state index contributed by atoms with van der Waals surface area (Å²) in [5, 5.41) is 9.13. The first-order valence-corrected chi connectivity index (χ1v) is 8.43. The Labute approximate surface area is 146 Å². The fourth-order valence-electron chi connectivity index (χ4n) is 3.29. The highest BCUT2D eigenvalue weighted by molar-refractivity contribution is 5.89. The molecule has 3 rings (SSSR count). The minimum absolute atomic E-state index is 0.124. The van der Waals surface area contributed by atoms with Crippen molar-refractivity contribution in [1.82, 2.24) is 14.9 Å². The first-order chi connectivity index (χ1) is 12.0. The fraction of sp³-hybridized carbons (Fsp3) is 0.368. The van der Waals surface area contributed by atoms with Crippen LogP contribution >= 0.6 is 0 Å². The smallest absolute Gasteiger partial charge is 0.335 e. The van der Waals surface area contributed by atoms with Gasteiger partial charge in [0.05, 0.1) is 11.3 Å². The van der Waals surface area contributed by atoms with Crippen molar-refractivity contribution in [3.63, 3.8) is 0 Å². The topological polar surface area (TPSA) is 83.4 Å². The van der Waals surface area contributed by atoms with E-state index in [4.69, 9.17) is 5.11 Å². The van der Waals surface area contributed by atoms with Gasteiger partial charge in [-0.05, 0) is 43.4 Å². The van der Waals surface area contributed by atoms with E-state index in [-0.39, 0.29) is 11.5 Å². The second-order valence-electron chi connectivity index (χ2n) is 6.46. The minimum Gasteiger partial charge on any atom is -0.478 e. The van der Waals surface area contributed by atoms with Gasteiger partial charge in [-0.25, -0.2) is 14.8 Å². The van der Waals surface area contributed by atoms with Gasteiger partial charge in [-0.2, -0.15) is 0 Å². The van der Waals surface area contributed by atoms with Crippen molar-refractivity contribution in [2.75, 3.05) is 13.1 Å². The Hall–Kier alpha value is -2.76. The van der Waals surface area contributed by atoms with Gasteiger partial charge in [0.25, 0.3) is 0 Å². The molecule has 0 aliphatic carbocycles. The predicted molar refractivity (Wildman–Crippen MR) is 93.1 cm³/mol. The monoisotopic (exact) mass is 339 g/mol. The maximum atomic E-state index is 11.6. The average Bonchev–Trinajstić information content (AvgIpc) is 2.62. The van der Waals surface area contributed by atoms with Gasteiger partial charge in [-0.1, -0.05) is 12.1 Å². The summed E-state index contributed by atoms with van der Waals surface area (Å²) in [6.07, 6.45) is 4.40. The zero-order valence-corrected chi connectivity index (χ0v) is 14.2. The van der Waals surface area contributed by atoms with Gasteiger partial charge < -0.3 is 10.0 Å². The van der Waals surface area contributed by atoms with E-state index in [1.54, 1.807) is 25.1 Å². The number of likely N-dealkylation sites (tertiary alicyclic amines) is 1. The lowest BCUT2D eigenvalue weighted by Gasteiger charge is -2.31. The molecule has 1 amide bonds. The number of carbonyl (C=O) groups excluding carboxylic acids is 1. The van der Waals surface area contributed by atoms with Crippen LogP contribution in [-0.4, -0.2) is 44.9 Å². The number of carbonyl (C=O) groups is 2. The van der Waals surface area contributed by atoms with E-state index >= 15 is 0 Å². The molecule has 1 aliphatic heterocycles. The Kier molecular flexibility index (Phi) is 5.07. The highest BCUT2D eigenvalue weighted by Crippen LogP contribution is 2.23. The van der Waals surface area contributed by atoms with Crippen molar-refractivity contribution in [2.45, 2.75) is 26.2 Å². The van der Waals surface area contributed by atoms with Crippen LogP contribution in [0.4, 0.5) is 0 Å². The van der Waals surface area contributed by atoms with Gasteiger partial charge in [0.2, 0.25) is 5.91 Å². The van der Waals surface area contributed by atoms with Crippen molar-refractivity contribution in [1.29, 1.82) is 0 Å². The highest BCUT2D eigenvalue weighted by Gasteiger charge is 2.22. The molecule has 1 aromatic carbocycles. The SMILES string of the molecule is CC(=O)N1CCCC(Cc2cc(-c3cccc(C(=O)O)c3)ncn2)C1. The van der Waals surface area contributed by atoms with Gasteiger partial charge in [0.15, 0.2) is 0 Å². The van der Waals surface area contributed by atoms with Crippen molar-refractivity contribution >= 4 is 11.9 Å². The molecule has 1 unspecified atom stereocenters. The Bertz CT molecular complexity index is 791. The van der Waals surface area contributed by atoms with Crippen LogP contribution in [-0.2, 0) is 11.2 Å². The first-order valence-electron chi connectivity index (χ1n) is 8.43. The van der Waals surface area contributed by atoms with Gasteiger partial charge in [-0.3, -0.25) is 4.79 Å². The Morgan fingerprint density at radius 3 is 2.88 bits per heavy atom. The number of aromatic nitrogens is 2. The molecule has 0 saturated carbocycles. The van der Waals surface area contributed by atoms with Gasteiger partial charge in [0.1, 0.15) is 6.33 Å². The molecular formula is C19H21N3O3. The second kappa shape index (κ2) is 7.42. The standard InChI is InChI=1S/C19H21N3O3/c1-13(23)22-7-3-4-14(11-22)8-17-10-18(21-12-20-17)15-5-2-6-16(9-15)19(24)25/h2,5-6,9-10,12,14H,3-4,7-8,11H2,1H3,(H,24,25). The molecule has 0 spiro atoms. The largest absolute Gasteiger partial charge is 0.478 e. The number of aromatic carboxylic acids is 1. The van der Waals surface area contributed by atoms with Crippen LogP contribution in [0.15, 0.2) is 36.7 Å². The molecule has 6 heteroatoms. The van der Waals surface area contributed by atoms with Crippen LogP contribution < -0.4 is 0 Å². The third-order valence-electron chi connectivity index (χ3n) is 4.59. The van der Waals surface area contributed by atoms with Crippen LogP contribution in [0, 0.1) is 5.92 Å². The van der Waals surface area contributed by atoms with Gasteiger partial charge in [0, 0.05) is 31.3 Å². The zero-order valence-electron chi connectivity index (χ0n) is 14.2. The quantitative estimate of drug-likeness (QED) is 0.926. The zero-order chi connectivity index (χ0) is 17.8. The Balaban J connectivity index is 1.77. The van der Waals surface area contributed by atoms with Crippen molar-refractivity contribution in [3.8, 4) is 11.3 Å². The summed E-state index contributed by atoms with van der Waals surface area (Å²) in [5.41, 5.74) is 2.63. The summed E-state index contributed by atoms with van der Waals surface area (Å²) in [6.45, 7) is 3.21. The molecule has 1 N–H and O–H groups in total. The third-order valence-corrected chi connectivity index (χ3v) is 4.59. The number of nitrogens with zero attached hydrogens (tertiary/aromatic N) is 3. The number of rotatable bonds is 4. The van der Waals surface area contributed by atoms with Crippen LogP contribution in [0.5, 0.6) is 0 Å². The van der Waals surface area contributed by atoms with Crippen LogP contribution in [0.2, 0.25) is 0 Å². The molecule has 0 bridgehead atoms. The maximum absolute atomic E-state index is 11.6. The van der Waals surface area contributed by atoms with E-state index < -0.39 is 5.97 Å². The number of hydrogen-bond acceptors (Lipinski definition) is 4. The number of carboxylic acids is 1. The van der Waals surface area contributed by atoms with Crippen molar-refractivity contribution in [3.05, 3.63) is 47.9 Å². The molecule has 6 nitrogen and oxygen atoms in total. The van der Waals surface area contributed by atoms with E-state index in [1.807, 2.05) is 17.0 Å². The molecule has 1 atom stereocenters. The van der Waals surface area contributed by atoms with E-state index in [2.05, 4.69) is 9.97 Å². The summed E-state index contributed by atoms with van der Waals surface area (Å²) in [7, 11) is 0. The normalized spacial score (nSPS) is 17.3. The highest BCUT2D eigenvalue weighted by atomic mass is 16.4. The minimum atomic E-state index is -0.956. The number of carboxylic acid groups (broad SMARTS) is 1. The predicted octanol–water partition coefficient (Wildman–Crippen LogP) is 2.64. The second-order valence-corrected chi connectivity index (χ2v) is 6.46. The molecule has 2 heterocycles. The van der Waals surface area contributed by atoms with Crippen LogP contribution in [0.3, 0.4) is 0 Å². The summed E-state index contributed by atoms with van der Waals surface area (Å²) in [6, 6.07) is 8.65. The van der Waals surface area contributed by atoms with E-state index in [0.717, 1.165) is 43.6 Å². The lowest BCUT2D eigenvalue weighted by atomic mass is 9.93. The lowest BCUT2D eigenvalue weighted by Crippen LogP contribution is -2.39. The van der Waals surface area contributed by atoms with E-state index in [1.165, 1.54) is 6.33 Å². The summed E-state index contributed by atoms with van der Waals surface area (Å²) < 4.78 is 0. The fourth-order valence-corrected chi connectivity index (χ4v) is 3.29. The van der Waals surface area contributed by atoms with Gasteiger partial charge >= 0.3 is 5.97 Å². The molecule has 1 aromatic heterocycles. The average molecular weight is 339 g/mol. The number of hydrogen-bond donors (Lipinski definition) is 1. The van der Waals surface area contributed by atoms with E-state index in [0.29, 0.717) is 11.6 Å². The molecule has 0 radical (unpaired) electrons. The first kappa shape index (κ1) is 17.1. The molecule has 25 heavy (non-hydrogen) atoms. The van der Waals surface area contributed by atoms with Crippen LogP contribution in [0.1, 0.15) is 35.8 Å². The molecule has 1 saturated heterocycles. The summed E-state index contributed by atoms with van der Waals surface area (Å²) >= 11 is 0. The Morgan fingerprint density at radius 2 is 2.12 bits per heavy atom. The molecule has 130 valence electrons. The van der Waals surface area contributed by atoms with E-state index in [9.17, 15) is 9.59 Å². The Morgan fingerprint density at radius 1 is 1.28 bits per heavy atom. The summed E-state index contributed by atoms with van der Waals surface area (Å²) in [5.74, 6) is -0.438. The van der Waals surface area contributed by atoms with Crippen LogP contribution in [0.25, 0.3) is 11.3 Å². The summed E-state index contributed by atoms with van der Waals surface area (Å²) in [4.78, 5) is 33.2. The molecule has 1 fully saturated rings. The van der Waals surface area contributed by atoms with Crippen molar-refractivity contribution < 1.29 is 14.7 Å². The van der Waals surface area contributed by atoms with Gasteiger partial charge in [-0.15, -0.1) is 0 Å². The maximum Gasteiger partial charge on any atom is 0.335 e. The van der Waals surface area contributed by atoms with Crippen molar-refractivity contribution in [2.24, 2.45) is 5.92 Å². The number of amides is 1. The molecule has 1 aliphatic rings. The molecule has 2 aromatic rings. The third kappa shape index (κ3) is 4.21. The number of piperidine rings is 1. The lowest BCUT2D eigenvalue weighted by molar-refractivity contribution is -0.130.